The first-order chi connectivity index (χ1) is 17.7. The van der Waals surface area contributed by atoms with E-state index in [0.717, 1.165) is 40.9 Å². The summed E-state index contributed by atoms with van der Waals surface area (Å²) < 4.78 is 5.93. The average molecular weight is 482 g/mol. The second-order valence-electron chi connectivity index (χ2n) is 9.17. The van der Waals surface area contributed by atoms with E-state index < -0.39 is 6.10 Å². The molecule has 1 aromatic heterocycles. The smallest absolute Gasteiger partial charge is 0.234 e. The Kier molecular flexibility index (Phi) is 7.55. The molecule has 5 rings (SSSR count). The number of β-amino-alcohol motifs (C(OH)–C–C–N with tert-alkyl or cyclic N) is 1. The van der Waals surface area contributed by atoms with Gasteiger partial charge in [-0.2, -0.15) is 0 Å². The summed E-state index contributed by atoms with van der Waals surface area (Å²) in [4.78, 5) is 22.1. The predicted octanol–water partition coefficient (Wildman–Crippen LogP) is 3.95. The number of piperazine rings is 1. The van der Waals surface area contributed by atoms with E-state index in [9.17, 15) is 9.90 Å². The van der Waals surface area contributed by atoms with Crippen LogP contribution in [0.4, 0.5) is 0 Å². The number of pyridine rings is 1. The van der Waals surface area contributed by atoms with E-state index >= 15 is 0 Å². The molecule has 1 aliphatic heterocycles. The van der Waals surface area contributed by atoms with Crippen LogP contribution in [0, 0.1) is 0 Å². The van der Waals surface area contributed by atoms with Gasteiger partial charge in [-0.3, -0.25) is 14.7 Å². The van der Waals surface area contributed by atoms with Gasteiger partial charge in [0.2, 0.25) is 5.91 Å². The third-order valence-corrected chi connectivity index (χ3v) is 6.70. The molecule has 6 heteroatoms. The molecule has 0 unspecified atom stereocenters. The van der Waals surface area contributed by atoms with Gasteiger partial charge in [0.15, 0.2) is 0 Å². The standard InChI is InChI=1S/C30H31N3O3/c34-25(22-36-28-15-7-14-27-26(28)13-8-16-31-27)21-32-17-19-33(20-18-32)30(35)29(23-9-3-1-4-10-23)24-11-5-2-6-12-24/h1-16,25,29,34H,17-22H2/t25-/m0/s1. The molecule has 0 saturated carbocycles. The van der Waals surface area contributed by atoms with E-state index in [-0.39, 0.29) is 18.4 Å². The summed E-state index contributed by atoms with van der Waals surface area (Å²) in [7, 11) is 0. The quantitative estimate of drug-likeness (QED) is 0.413. The Morgan fingerprint density at radius 1 is 0.833 bits per heavy atom. The van der Waals surface area contributed by atoms with Gasteiger partial charge in [-0.15, -0.1) is 0 Å². The molecule has 0 radical (unpaired) electrons. The zero-order valence-electron chi connectivity index (χ0n) is 20.2. The minimum absolute atomic E-state index is 0.125. The number of fused-ring (bicyclic) bond motifs is 1. The van der Waals surface area contributed by atoms with E-state index in [1.54, 1.807) is 6.20 Å². The molecule has 6 nitrogen and oxygen atoms in total. The van der Waals surface area contributed by atoms with Crippen LogP contribution in [0.1, 0.15) is 17.0 Å². The lowest BCUT2D eigenvalue weighted by atomic mass is 9.90. The fourth-order valence-electron chi connectivity index (χ4n) is 4.84. The Hall–Kier alpha value is -3.74. The molecule has 4 aromatic rings. The van der Waals surface area contributed by atoms with Crippen molar-refractivity contribution < 1.29 is 14.6 Å². The lowest BCUT2D eigenvalue weighted by Gasteiger charge is -2.37. The number of carbonyl (C=O) groups is 1. The van der Waals surface area contributed by atoms with Crippen molar-refractivity contribution in [1.82, 2.24) is 14.8 Å². The summed E-state index contributed by atoms with van der Waals surface area (Å²) in [5, 5.41) is 11.6. The highest BCUT2D eigenvalue weighted by Crippen LogP contribution is 2.27. The number of amides is 1. The Bertz CT molecular complexity index is 1230. The van der Waals surface area contributed by atoms with E-state index in [2.05, 4.69) is 9.88 Å². The molecule has 1 saturated heterocycles. The zero-order valence-corrected chi connectivity index (χ0v) is 20.2. The lowest BCUT2D eigenvalue weighted by molar-refractivity contribution is -0.133. The maximum Gasteiger partial charge on any atom is 0.234 e. The SMILES string of the molecule is O=C(C(c1ccccc1)c1ccccc1)N1CCN(C[C@H](O)COc2cccc3ncccc23)CC1. The highest BCUT2D eigenvalue weighted by molar-refractivity contribution is 5.87. The number of hydrogen-bond donors (Lipinski definition) is 1. The van der Waals surface area contributed by atoms with E-state index in [4.69, 9.17) is 4.74 Å². The first kappa shape index (κ1) is 24.0. The van der Waals surface area contributed by atoms with Crippen molar-refractivity contribution in [3.63, 3.8) is 0 Å². The summed E-state index contributed by atoms with van der Waals surface area (Å²) in [6.07, 6.45) is 1.13. The van der Waals surface area contributed by atoms with Crippen molar-refractivity contribution >= 4 is 16.8 Å². The van der Waals surface area contributed by atoms with Gasteiger partial charge < -0.3 is 14.7 Å². The molecule has 1 N–H and O–H groups in total. The van der Waals surface area contributed by atoms with Crippen LogP contribution in [-0.4, -0.2) is 71.2 Å². The zero-order chi connectivity index (χ0) is 24.7. The second-order valence-corrected chi connectivity index (χ2v) is 9.17. The van der Waals surface area contributed by atoms with Gasteiger partial charge in [0.1, 0.15) is 18.5 Å². The first-order valence-corrected chi connectivity index (χ1v) is 12.4. The van der Waals surface area contributed by atoms with Crippen molar-refractivity contribution in [2.24, 2.45) is 0 Å². The van der Waals surface area contributed by atoms with Crippen LogP contribution in [0.3, 0.4) is 0 Å². The van der Waals surface area contributed by atoms with Crippen LogP contribution in [0.15, 0.2) is 97.2 Å². The van der Waals surface area contributed by atoms with Gasteiger partial charge in [0.05, 0.1) is 11.4 Å². The molecule has 1 atom stereocenters. The van der Waals surface area contributed by atoms with E-state index in [1.807, 2.05) is 95.9 Å². The fraction of sp³-hybridized carbons (Fsp3) is 0.267. The second kappa shape index (κ2) is 11.3. The Morgan fingerprint density at radius 2 is 1.50 bits per heavy atom. The molecular formula is C30H31N3O3. The molecule has 0 aliphatic carbocycles. The van der Waals surface area contributed by atoms with Crippen LogP contribution < -0.4 is 4.74 Å². The van der Waals surface area contributed by atoms with Gasteiger partial charge in [0.25, 0.3) is 0 Å². The molecule has 184 valence electrons. The number of nitrogens with zero attached hydrogens (tertiary/aromatic N) is 3. The molecule has 3 aromatic carbocycles. The largest absolute Gasteiger partial charge is 0.490 e. The maximum atomic E-state index is 13.6. The normalized spacial score (nSPS) is 15.2. The first-order valence-electron chi connectivity index (χ1n) is 12.4. The topological polar surface area (TPSA) is 65.9 Å². The van der Waals surface area contributed by atoms with Crippen molar-refractivity contribution in [1.29, 1.82) is 0 Å². The summed E-state index contributed by atoms with van der Waals surface area (Å²) in [6.45, 7) is 3.42. The van der Waals surface area contributed by atoms with Gasteiger partial charge in [-0.05, 0) is 35.4 Å². The molecular weight excluding hydrogens is 450 g/mol. The number of aliphatic hydroxyl groups is 1. The molecule has 2 heterocycles. The lowest BCUT2D eigenvalue weighted by Crippen LogP contribution is -2.52. The highest BCUT2D eigenvalue weighted by Gasteiger charge is 2.30. The van der Waals surface area contributed by atoms with E-state index in [1.165, 1.54) is 0 Å². The monoisotopic (exact) mass is 481 g/mol. The number of benzene rings is 3. The number of rotatable bonds is 8. The fourth-order valence-corrected chi connectivity index (χ4v) is 4.84. The van der Waals surface area contributed by atoms with Crippen LogP contribution in [-0.2, 0) is 4.79 Å². The Balaban J connectivity index is 1.16. The molecule has 36 heavy (non-hydrogen) atoms. The van der Waals surface area contributed by atoms with Crippen molar-refractivity contribution in [3.05, 3.63) is 108 Å². The maximum absolute atomic E-state index is 13.6. The number of ether oxygens (including phenoxy) is 1. The third kappa shape index (κ3) is 5.56. The average Bonchev–Trinajstić information content (AvgIpc) is 2.93. The van der Waals surface area contributed by atoms with Crippen molar-refractivity contribution in [2.45, 2.75) is 12.0 Å². The minimum Gasteiger partial charge on any atom is -0.490 e. The van der Waals surface area contributed by atoms with Crippen molar-refractivity contribution in [3.8, 4) is 5.75 Å². The van der Waals surface area contributed by atoms with Crippen LogP contribution in [0.25, 0.3) is 10.9 Å². The van der Waals surface area contributed by atoms with Gasteiger partial charge in [-0.1, -0.05) is 66.7 Å². The third-order valence-electron chi connectivity index (χ3n) is 6.70. The molecule has 0 bridgehead atoms. The van der Waals surface area contributed by atoms with Crippen LogP contribution in [0.2, 0.25) is 0 Å². The number of aromatic nitrogens is 1. The number of hydrogen-bond acceptors (Lipinski definition) is 5. The van der Waals surface area contributed by atoms with Gasteiger partial charge in [0, 0.05) is 44.3 Å². The summed E-state index contributed by atoms with van der Waals surface area (Å²) in [5.74, 6) is 0.538. The molecule has 0 spiro atoms. The Morgan fingerprint density at radius 3 is 2.17 bits per heavy atom. The van der Waals surface area contributed by atoms with Crippen LogP contribution >= 0.6 is 0 Å². The molecule has 1 aliphatic rings. The van der Waals surface area contributed by atoms with Gasteiger partial charge >= 0.3 is 0 Å². The minimum atomic E-state index is -0.624. The predicted molar refractivity (Wildman–Crippen MR) is 141 cm³/mol. The summed E-state index contributed by atoms with van der Waals surface area (Å²) in [6, 6.07) is 29.6. The summed E-state index contributed by atoms with van der Waals surface area (Å²) in [5.41, 5.74) is 2.88. The summed E-state index contributed by atoms with van der Waals surface area (Å²) >= 11 is 0. The van der Waals surface area contributed by atoms with Crippen LogP contribution in [0.5, 0.6) is 5.75 Å². The van der Waals surface area contributed by atoms with Gasteiger partial charge in [-0.25, -0.2) is 0 Å². The molecule has 1 amide bonds. The van der Waals surface area contributed by atoms with Crippen molar-refractivity contribution in [2.75, 3.05) is 39.3 Å². The molecule has 1 fully saturated rings. The number of carbonyl (C=O) groups excluding carboxylic acids is 1. The Labute approximate surface area is 211 Å². The highest BCUT2D eigenvalue weighted by atomic mass is 16.5. The van der Waals surface area contributed by atoms with E-state index in [0.29, 0.717) is 19.6 Å². The number of aliphatic hydroxyl groups excluding tert-OH is 1.